The average Bonchev–Trinajstić information content (AvgIpc) is 3.56. The molecule has 0 bridgehead atoms. The number of H-pyrrole nitrogens is 1. The summed E-state index contributed by atoms with van der Waals surface area (Å²) in [5.74, 6) is 0.307. The number of nitrogens with zero attached hydrogens (tertiary/aromatic N) is 7. The summed E-state index contributed by atoms with van der Waals surface area (Å²) in [6.07, 6.45) is 0.844. The summed E-state index contributed by atoms with van der Waals surface area (Å²) in [4.78, 5) is 13.6. The van der Waals surface area contributed by atoms with E-state index in [1.807, 2.05) is 17.9 Å². The van der Waals surface area contributed by atoms with Gasteiger partial charge in [-0.3, -0.25) is 4.98 Å². The van der Waals surface area contributed by atoms with Gasteiger partial charge in [0.25, 0.3) is 5.89 Å². The third-order valence-electron chi connectivity index (χ3n) is 5.93. The highest BCUT2D eigenvalue weighted by Crippen LogP contribution is 2.39. The summed E-state index contributed by atoms with van der Waals surface area (Å²) >= 11 is 0. The van der Waals surface area contributed by atoms with E-state index in [2.05, 4.69) is 30.2 Å². The molecule has 0 fully saturated rings. The zero-order valence-electron chi connectivity index (χ0n) is 17.8. The summed E-state index contributed by atoms with van der Waals surface area (Å²) in [6, 6.07) is 7.03. The lowest BCUT2D eigenvalue weighted by Gasteiger charge is -2.32. The smallest absolute Gasteiger partial charge is 0.403 e. The lowest BCUT2D eigenvalue weighted by Crippen LogP contribution is -2.36. The SMILES string of the molecule is Cc1ncccc1-c1nnc(N2CCc3[nH]cnc3[C@@H]2c2cc3c(C(F)(F)F)cccn3n2)o1. The van der Waals surface area contributed by atoms with Crippen LogP contribution in [0.15, 0.2) is 53.5 Å². The van der Waals surface area contributed by atoms with Crippen molar-refractivity contribution in [3.05, 3.63) is 77.4 Å². The van der Waals surface area contributed by atoms with Crippen LogP contribution in [0.2, 0.25) is 0 Å². The number of nitrogens with one attached hydrogen (secondary N) is 1. The molecule has 34 heavy (non-hydrogen) atoms. The number of aryl methyl sites for hydroxylation is 1. The second-order valence-electron chi connectivity index (χ2n) is 7.96. The highest BCUT2D eigenvalue weighted by atomic mass is 19.4. The molecule has 0 spiro atoms. The molecule has 1 atom stereocenters. The van der Waals surface area contributed by atoms with E-state index in [4.69, 9.17) is 4.42 Å². The van der Waals surface area contributed by atoms with E-state index in [0.29, 0.717) is 35.8 Å². The number of alkyl halides is 3. The van der Waals surface area contributed by atoms with Gasteiger partial charge in [0.05, 0.1) is 34.4 Å². The molecule has 12 heteroatoms. The minimum Gasteiger partial charge on any atom is -0.403 e. The molecule has 0 radical (unpaired) electrons. The highest BCUT2D eigenvalue weighted by molar-refractivity contribution is 5.59. The first-order valence-electron chi connectivity index (χ1n) is 10.5. The van der Waals surface area contributed by atoms with E-state index in [-0.39, 0.29) is 11.5 Å². The van der Waals surface area contributed by atoms with E-state index in [1.54, 1.807) is 18.6 Å². The maximum absolute atomic E-state index is 13.6. The monoisotopic (exact) mass is 466 g/mol. The van der Waals surface area contributed by atoms with Gasteiger partial charge in [-0.05, 0) is 37.3 Å². The standard InChI is InChI=1S/C22H17F3N8O/c1-12-13(4-2-7-26-12)20-29-30-21(34-20)32-9-6-15-18(28-11-27-15)19(32)16-10-17-14(22(23,24)25)5-3-8-33(17)31-16/h2-5,7-8,10-11,19H,6,9H2,1H3,(H,27,28)/t19-/m0/s1. The van der Waals surface area contributed by atoms with Crippen LogP contribution in [0.3, 0.4) is 0 Å². The molecule has 0 unspecified atom stereocenters. The topological polar surface area (TPSA) is 101 Å². The van der Waals surface area contributed by atoms with Gasteiger partial charge in [0, 0.05) is 36.7 Å². The van der Waals surface area contributed by atoms with E-state index >= 15 is 0 Å². The molecule has 5 aromatic rings. The fourth-order valence-corrected chi connectivity index (χ4v) is 4.34. The van der Waals surface area contributed by atoms with Crippen LogP contribution in [0, 0.1) is 6.92 Å². The van der Waals surface area contributed by atoms with E-state index in [1.165, 1.54) is 22.8 Å². The quantitative estimate of drug-likeness (QED) is 0.429. The first-order chi connectivity index (χ1) is 16.4. The van der Waals surface area contributed by atoms with Crippen LogP contribution in [0.25, 0.3) is 17.0 Å². The summed E-state index contributed by atoms with van der Waals surface area (Å²) < 4.78 is 48.0. The normalized spacial score (nSPS) is 16.2. The molecule has 5 aromatic heterocycles. The number of imidazole rings is 1. The van der Waals surface area contributed by atoms with Crippen molar-refractivity contribution in [2.45, 2.75) is 25.6 Å². The number of fused-ring (bicyclic) bond motifs is 2. The first-order valence-corrected chi connectivity index (χ1v) is 10.5. The largest absolute Gasteiger partial charge is 0.418 e. The van der Waals surface area contributed by atoms with Gasteiger partial charge >= 0.3 is 12.2 Å². The van der Waals surface area contributed by atoms with Crippen LogP contribution in [0.1, 0.15) is 34.4 Å². The minimum atomic E-state index is -4.51. The molecule has 1 N–H and O–H groups in total. The van der Waals surface area contributed by atoms with E-state index < -0.39 is 17.8 Å². The van der Waals surface area contributed by atoms with Crippen LogP contribution in [-0.4, -0.2) is 41.3 Å². The van der Waals surface area contributed by atoms with Crippen molar-refractivity contribution in [1.82, 2.24) is 34.8 Å². The Labute approximate surface area is 190 Å². The van der Waals surface area contributed by atoms with Gasteiger partial charge in [0.2, 0.25) is 0 Å². The second kappa shape index (κ2) is 7.40. The van der Waals surface area contributed by atoms with Crippen molar-refractivity contribution >= 4 is 11.5 Å². The molecule has 6 rings (SSSR count). The Morgan fingerprint density at radius 1 is 1.15 bits per heavy atom. The fraction of sp³-hybridized carbons (Fsp3) is 0.227. The Hall–Kier alpha value is -4.22. The zero-order valence-corrected chi connectivity index (χ0v) is 17.8. The van der Waals surface area contributed by atoms with E-state index in [9.17, 15) is 13.2 Å². The summed E-state index contributed by atoms with van der Waals surface area (Å²) in [5, 5.41) is 12.9. The van der Waals surface area contributed by atoms with Gasteiger partial charge in [-0.1, -0.05) is 5.10 Å². The highest BCUT2D eigenvalue weighted by Gasteiger charge is 2.38. The van der Waals surface area contributed by atoms with Crippen molar-refractivity contribution < 1.29 is 17.6 Å². The number of hydrogen-bond donors (Lipinski definition) is 1. The summed E-state index contributed by atoms with van der Waals surface area (Å²) in [7, 11) is 0. The maximum Gasteiger partial charge on any atom is 0.418 e. The third-order valence-corrected chi connectivity index (χ3v) is 5.93. The van der Waals surface area contributed by atoms with Crippen molar-refractivity contribution in [3.63, 3.8) is 0 Å². The summed E-state index contributed by atoms with van der Waals surface area (Å²) in [6.45, 7) is 2.32. The van der Waals surface area contributed by atoms with Crippen molar-refractivity contribution in [3.8, 4) is 11.5 Å². The molecule has 172 valence electrons. The Kier molecular flexibility index (Phi) is 4.44. The number of hydrogen-bond acceptors (Lipinski definition) is 7. The van der Waals surface area contributed by atoms with Crippen molar-refractivity contribution in [2.75, 3.05) is 11.4 Å². The number of halogens is 3. The van der Waals surface area contributed by atoms with Gasteiger partial charge in [0.15, 0.2) is 0 Å². The van der Waals surface area contributed by atoms with Crippen LogP contribution >= 0.6 is 0 Å². The van der Waals surface area contributed by atoms with Gasteiger partial charge in [-0.25, -0.2) is 9.50 Å². The number of aromatic nitrogens is 7. The number of pyridine rings is 2. The first kappa shape index (κ1) is 20.4. The molecule has 0 aliphatic carbocycles. The molecule has 0 amide bonds. The Bertz CT molecular complexity index is 1500. The molecule has 9 nitrogen and oxygen atoms in total. The van der Waals surface area contributed by atoms with Gasteiger partial charge in [-0.2, -0.15) is 18.3 Å². The molecule has 1 aliphatic rings. The van der Waals surface area contributed by atoms with Gasteiger partial charge in [-0.15, -0.1) is 5.10 Å². The molecule has 6 heterocycles. The van der Waals surface area contributed by atoms with Crippen LogP contribution in [0.4, 0.5) is 19.2 Å². The zero-order chi connectivity index (χ0) is 23.4. The van der Waals surface area contributed by atoms with Crippen LogP contribution in [-0.2, 0) is 12.6 Å². The average molecular weight is 466 g/mol. The number of rotatable bonds is 3. The number of anilines is 1. The maximum atomic E-state index is 13.6. The Morgan fingerprint density at radius 2 is 2.03 bits per heavy atom. The Morgan fingerprint density at radius 3 is 2.85 bits per heavy atom. The predicted molar refractivity (Wildman–Crippen MR) is 114 cm³/mol. The summed E-state index contributed by atoms with van der Waals surface area (Å²) in [5.41, 5.74) is 2.58. The third kappa shape index (κ3) is 3.21. The van der Waals surface area contributed by atoms with Gasteiger partial charge < -0.3 is 14.3 Å². The second-order valence-corrected chi connectivity index (χ2v) is 7.96. The minimum absolute atomic E-state index is 0.0372. The molecule has 1 aliphatic heterocycles. The molecule has 0 saturated heterocycles. The molecular weight excluding hydrogens is 449 g/mol. The van der Waals surface area contributed by atoms with Crippen molar-refractivity contribution in [2.24, 2.45) is 0 Å². The molecule has 0 aromatic carbocycles. The van der Waals surface area contributed by atoms with Crippen LogP contribution in [0.5, 0.6) is 0 Å². The fourth-order valence-electron chi connectivity index (χ4n) is 4.34. The Balaban J connectivity index is 1.47. The predicted octanol–water partition coefficient (Wildman–Crippen LogP) is 3.98. The lowest BCUT2D eigenvalue weighted by atomic mass is 10.00. The van der Waals surface area contributed by atoms with E-state index in [0.717, 1.165) is 17.5 Å². The van der Waals surface area contributed by atoms with Gasteiger partial charge in [0.1, 0.15) is 6.04 Å². The lowest BCUT2D eigenvalue weighted by molar-refractivity contribution is -0.136. The molecular formula is C22H17F3N8O. The van der Waals surface area contributed by atoms with Crippen LogP contribution < -0.4 is 4.90 Å². The molecule has 0 saturated carbocycles. The number of aromatic amines is 1. The van der Waals surface area contributed by atoms with Crippen molar-refractivity contribution in [1.29, 1.82) is 0 Å².